The number of phenols is 2. The molecule has 10 heteroatoms. The second-order valence-electron chi connectivity index (χ2n) is 15.8. The molecule has 4 unspecified atom stereocenters. The summed E-state index contributed by atoms with van der Waals surface area (Å²) in [6, 6.07) is 14.1. The van der Waals surface area contributed by atoms with Crippen LogP contribution in [0.15, 0.2) is 77.9 Å². The number of carbonyl (C=O) groups is 1. The van der Waals surface area contributed by atoms with Crippen LogP contribution in [-0.2, 0) is 12.8 Å². The first kappa shape index (κ1) is 35.7. The third-order valence-corrected chi connectivity index (χ3v) is 11.0. The van der Waals surface area contributed by atoms with E-state index in [-0.39, 0.29) is 49.1 Å². The second kappa shape index (κ2) is 13.6. The molecule has 56 heavy (non-hydrogen) atoms. The van der Waals surface area contributed by atoms with E-state index in [9.17, 15) is 15.0 Å². The van der Waals surface area contributed by atoms with Crippen molar-refractivity contribution in [2.45, 2.75) is 77.6 Å². The maximum absolute atomic E-state index is 13.7. The molecule has 0 saturated carbocycles. The zero-order valence-electron chi connectivity index (χ0n) is 32.1. The van der Waals surface area contributed by atoms with Gasteiger partial charge in [0.1, 0.15) is 47.6 Å². The number of fused-ring (bicyclic) bond motifs is 8. The van der Waals surface area contributed by atoms with Gasteiger partial charge in [0.25, 0.3) is 0 Å². The van der Waals surface area contributed by atoms with Crippen LogP contribution in [0.2, 0.25) is 0 Å². The number of carbonyl (C=O) groups excluding carboxylic acids is 1. The highest BCUT2D eigenvalue weighted by molar-refractivity contribution is 6.01. The first-order valence-corrected chi connectivity index (χ1v) is 19.0. The maximum atomic E-state index is 13.7. The predicted octanol–water partition coefficient (Wildman–Crippen LogP) is 9.40. The Kier molecular flexibility index (Phi) is 8.67. The van der Waals surface area contributed by atoms with E-state index in [2.05, 4.69) is 19.9 Å². The van der Waals surface area contributed by atoms with E-state index in [4.69, 9.17) is 33.2 Å². The molecule has 5 heterocycles. The monoisotopic (exact) mass is 756 g/mol. The number of aromatic hydroxyl groups is 2. The minimum atomic E-state index is -0.931. The van der Waals surface area contributed by atoms with Crippen molar-refractivity contribution in [3.63, 3.8) is 0 Å². The Morgan fingerprint density at radius 3 is 2.27 bits per heavy atom. The van der Waals surface area contributed by atoms with Gasteiger partial charge in [-0.05, 0) is 83.4 Å². The maximum Gasteiger partial charge on any atom is 0.231 e. The smallest absolute Gasteiger partial charge is 0.231 e. The predicted molar refractivity (Wildman–Crippen MR) is 209 cm³/mol. The normalized spacial score (nSPS) is 22.2. The Hall–Kier alpha value is -6.03. The van der Waals surface area contributed by atoms with E-state index in [1.54, 1.807) is 36.4 Å². The molecule has 4 aromatic rings. The molecule has 0 bridgehead atoms. The van der Waals surface area contributed by atoms with Gasteiger partial charge in [-0.25, -0.2) is 0 Å². The third-order valence-electron chi connectivity index (χ3n) is 11.0. The Bertz CT molecular complexity index is 2360. The van der Waals surface area contributed by atoms with Crippen molar-refractivity contribution in [3.05, 3.63) is 117 Å². The molecule has 288 valence electrons. The highest BCUT2D eigenvalue weighted by atomic mass is 16.7. The molecule has 10 nitrogen and oxygen atoms in total. The number of Topliss-reactive ketones (excluding diaryl/α,β-unsaturated/α-hetero) is 1. The molecule has 0 aliphatic carbocycles. The summed E-state index contributed by atoms with van der Waals surface area (Å²) in [7, 11) is 0. The van der Waals surface area contributed by atoms with Crippen molar-refractivity contribution < 1.29 is 48.2 Å². The van der Waals surface area contributed by atoms with Crippen molar-refractivity contribution in [2.24, 2.45) is 0 Å². The second-order valence-corrected chi connectivity index (χ2v) is 15.8. The van der Waals surface area contributed by atoms with Gasteiger partial charge in [0.15, 0.2) is 34.4 Å². The largest absolute Gasteiger partial charge is 0.508 e. The van der Waals surface area contributed by atoms with Crippen LogP contribution in [0.4, 0.5) is 0 Å². The summed E-state index contributed by atoms with van der Waals surface area (Å²) in [6.07, 6.45) is 8.08. The molecule has 5 aliphatic rings. The van der Waals surface area contributed by atoms with E-state index < -0.39 is 11.7 Å². The van der Waals surface area contributed by atoms with Crippen LogP contribution < -0.4 is 33.2 Å². The standard InChI is InChI=1S/C46H44O10/c1-24(2)6-12-29-41-39(50-21-33-31-17-37-38(53-23-52-37)19-36(31)55-45(33)41)20-40-44(29)51-22-46(5,56-40)15-14-27-16-32-34(48)18-35(26-8-10-28(47)11-9-26)54-43(32)30(42(27)49)13-7-25(3)4/h6-11,14-17,19-20,33,35,45,47,49H,12-13,18,21-23H2,1-5H3/b15-14+. The van der Waals surface area contributed by atoms with Crippen molar-refractivity contribution in [3.8, 4) is 51.7 Å². The topological polar surface area (TPSA) is 122 Å². The molecule has 2 N–H and O–H groups in total. The minimum absolute atomic E-state index is 0.0272. The number of hydrogen-bond acceptors (Lipinski definition) is 10. The van der Waals surface area contributed by atoms with Gasteiger partial charge in [0, 0.05) is 39.9 Å². The highest BCUT2D eigenvalue weighted by Gasteiger charge is 2.46. The average molecular weight is 757 g/mol. The number of benzene rings is 4. The summed E-state index contributed by atoms with van der Waals surface area (Å²) in [5.41, 5.74) is 6.42. The van der Waals surface area contributed by atoms with Crippen LogP contribution in [0.5, 0.6) is 51.7 Å². The van der Waals surface area contributed by atoms with Crippen LogP contribution in [0.3, 0.4) is 0 Å². The van der Waals surface area contributed by atoms with Crippen LogP contribution >= 0.6 is 0 Å². The number of ether oxygens (including phenoxy) is 7. The number of ketones is 1. The molecule has 0 amide bonds. The summed E-state index contributed by atoms with van der Waals surface area (Å²) in [6.45, 7) is 10.8. The molecule has 4 atom stereocenters. The first-order chi connectivity index (χ1) is 26.9. The van der Waals surface area contributed by atoms with E-state index in [1.807, 2.05) is 51.1 Å². The summed E-state index contributed by atoms with van der Waals surface area (Å²) >= 11 is 0. The van der Waals surface area contributed by atoms with E-state index in [0.717, 1.165) is 33.6 Å². The lowest BCUT2D eigenvalue weighted by Gasteiger charge is -2.37. The summed E-state index contributed by atoms with van der Waals surface area (Å²) in [5.74, 6) is 4.45. The molecule has 5 aliphatic heterocycles. The highest BCUT2D eigenvalue weighted by Crippen LogP contribution is 2.58. The Morgan fingerprint density at radius 1 is 0.804 bits per heavy atom. The summed E-state index contributed by atoms with van der Waals surface area (Å²) in [5, 5.41) is 21.5. The van der Waals surface area contributed by atoms with Gasteiger partial charge >= 0.3 is 0 Å². The zero-order chi connectivity index (χ0) is 38.9. The number of allylic oxidation sites excluding steroid dienone is 4. The molecule has 0 spiro atoms. The van der Waals surface area contributed by atoms with E-state index in [1.165, 1.54) is 5.57 Å². The van der Waals surface area contributed by atoms with Gasteiger partial charge < -0.3 is 43.4 Å². The first-order valence-electron chi connectivity index (χ1n) is 19.0. The van der Waals surface area contributed by atoms with Crippen molar-refractivity contribution >= 4 is 11.9 Å². The van der Waals surface area contributed by atoms with Gasteiger partial charge in [0.2, 0.25) is 6.79 Å². The Labute approximate surface area is 325 Å². The lowest BCUT2D eigenvalue weighted by atomic mass is 9.85. The van der Waals surface area contributed by atoms with Crippen molar-refractivity contribution in [1.29, 1.82) is 0 Å². The van der Waals surface area contributed by atoms with Crippen molar-refractivity contribution in [1.82, 2.24) is 0 Å². The average Bonchev–Trinajstić information content (AvgIpc) is 3.78. The molecular formula is C46H44O10. The van der Waals surface area contributed by atoms with Crippen molar-refractivity contribution in [2.75, 3.05) is 20.0 Å². The minimum Gasteiger partial charge on any atom is -0.508 e. The fourth-order valence-electron chi connectivity index (χ4n) is 8.07. The SMILES string of the molecule is CC(C)=CCc1c(O)c(/C=C/C2(C)COc3c(cc4c(c3CC=C(C)C)C3Oc5cc6c(cc5C3CO4)OCO6)O2)cc2c1OC(c1ccc(O)cc1)CC2=O. The number of phenolic OH excluding ortho intramolecular Hbond substituents is 2. The summed E-state index contributed by atoms with van der Waals surface area (Å²) < 4.78 is 44.2. The molecular weight excluding hydrogens is 712 g/mol. The van der Waals surface area contributed by atoms with Gasteiger partial charge in [-0.2, -0.15) is 0 Å². The van der Waals surface area contributed by atoms with Gasteiger partial charge in [0.05, 0.1) is 24.5 Å². The van der Waals surface area contributed by atoms with Gasteiger partial charge in [-0.1, -0.05) is 41.5 Å². The lowest BCUT2D eigenvalue weighted by Crippen LogP contribution is -2.40. The zero-order valence-corrected chi connectivity index (χ0v) is 32.1. The van der Waals surface area contributed by atoms with E-state index in [0.29, 0.717) is 70.6 Å². The van der Waals surface area contributed by atoms with Crippen LogP contribution in [0.1, 0.15) is 103 Å². The Morgan fingerprint density at radius 2 is 1.52 bits per heavy atom. The van der Waals surface area contributed by atoms with E-state index >= 15 is 0 Å². The van der Waals surface area contributed by atoms with Crippen LogP contribution in [0.25, 0.3) is 6.08 Å². The molecule has 0 fully saturated rings. The van der Waals surface area contributed by atoms with Gasteiger partial charge in [-0.3, -0.25) is 4.79 Å². The number of rotatable bonds is 7. The number of hydrogen-bond donors (Lipinski definition) is 2. The molecule has 9 rings (SSSR count). The molecule has 0 saturated heterocycles. The molecule has 0 aromatic heterocycles. The third kappa shape index (κ3) is 6.27. The van der Waals surface area contributed by atoms with Crippen LogP contribution in [-0.4, -0.2) is 41.6 Å². The fraction of sp³-hybridized carbons (Fsp3) is 0.326. The Balaban J connectivity index is 1.04. The quantitative estimate of drug-likeness (QED) is 0.176. The lowest BCUT2D eigenvalue weighted by molar-refractivity contribution is 0.0424. The molecule has 0 radical (unpaired) electrons. The summed E-state index contributed by atoms with van der Waals surface area (Å²) in [4.78, 5) is 13.7. The van der Waals surface area contributed by atoms with Gasteiger partial charge in [-0.15, -0.1) is 0 Å². The molecule has 4 aromatic carbocycles. The fourth-order valence-corrected chi connectivity index (χ4v) is 8.07. The van der Waals surface area contributed by atoms with Crippen LogP contribution in [0, 0.1) is 0 Å².